The first-order valence-corrected chi connectivity index (χ1v) is 6.47. The maximum absolute atomic E-state index is 6.21. The molecular weight excluding hydrogens is 238 g/mol. The van der Waals surface area contributed by atoms with Crippen LogP contribution in [0.4, 0.5) is 0 Å². The largest absolute Gasteiger partial charge is 0.382 e. The molecule has 1 N–H and O–H groups in total. The SMILES string of the molecule is CCOCCC(NC)c1c(Cl)cnn1C(C)C. The lowest BCUT2D eigenvalue weighted by atomic mass is 10.1. The highest BCUT2D eigenvalue weighted by Crippen LogP contribution is 2.27. The van der Waals surface area contributed by atoms with Gasteiger partial charge in [-0.25, -0.2) is 0 Å². The molecule has 0 radical (unpaired) electrons. The summed E-state index contributed by atoms with van der Waals surface area (Å²) in [6.45, 7) is 7.67. The van der Waals surface area contributed by atoms with Crippen molar-refractivity contribution in [3.63, 3.8) is 0 Å². The number of aromatic nitrogens is 2. The second-order valence-electron chi connectivity index (χ2n) is 4.24. The van der Waals surface area contributed by atoms with Crippen LogP contribution in [0.5, 0.6) is 0 Å². The van der Waals surface area contributed by atoms with Gasteiger partial charge in [-0.15, -0.1) is 0 Å². The molecule has 1 heterocycles. The molecule has 1 aromatic rings. The molecule has 0 aliphatic carbocycles. The zero-order chi connectivity index (χ0) is 12.8. The lowest BCUT2D eigenvalue weighted by Crippen LogP contribution is -2.23. The Morgan fingerprint density at radius 3 is 2.76 bits per heavy atom. The number of nitrogens with one attached hydrogen (secondary N) is 1. The molecule has 0 saturated heterocycles. The Labute approximate surface area is 108 Å². The van der Waals surface area contributed by atoms with Crippen LogP contribution >= 0.6 is 11.6 Å². The fourth-order valence-corrected chi connectivity index (χ4v) is 2.11. The molecule has 1 rings (SSSR count). The highest BCUT2D eigenvalue weighted by Gasteiger charge is 2.20. The fourth-order valence-electron chi connectivity index (χ4n) is 1.85. The van der Waals surface area contributed by atoms with Gasteiger partial charge in [0, 0.05) is 19.3 Å². The summed E-state index contributed by atoms with van der Waals surface area (Å²) >= 11 is 6.21. The van der Waals surface area contributed by atoms with Crippen LogP contribution in [0.1, 0.15) is 45.0 Å². The van der Waals surface area contributed by atoms with Gasteiger partial charge in [0.25, 0.3) is 0 Å². The Balaban J connectivity index is 2.82. The second kappa shape index (κ2) is 6.99. The zero-order valence-electron chi connectivity index (χ0n) is 11.0. The van der Waals surface area contributed by atoms with E-state index in [0.717, 1.165) is 30.4 Å². The lowest BCUT2D eigenvalue weighted by Gasteiger charge is -2.20. The van der Waals surface area contributed by atoms with E-state index in [2.05, 4.69) is 24.3 Å². The summed E-state index contributed by atoms with van der Waals surface area (Å²) in [6, 6.07) is 0.486. The molecule has 5 heteroatoms. The number of hydrogen-bond acceptors (Lipinski definition) is 3. The fraction of sp³-hybridized carbons (Fsp3) is 0.750. The van der Waals surface area contributed by atoms with Crippen molar-refractivity contribution in [2.75, 3.05) is 20.3 Å². The minimum absolute atomic E-state index is 0.180. The lowest BCUT2D eigenvalue weighted by molar-refractivity contribution is 0.136. The number of rotatable bonds is 7. The molecule has 0 fully saturated rings. The molecule has 0 aromatic carbocycles. The molecule has 98 valence electrons. The molecule has 4 nitrogen and oxygen atoms in total. The van der Waals surface area contributed by atoms with Crippen molar-refractivity contribution in [1.82, 2.24) is 15.1 Å². The molecule has 17 heavy (non-hydrogen) atoms. The van der Waals surface area contributed by atoms with E-state index in [9.17, 15) is 0 Å². The Morgan fingerprint density at radius 2 is 2.24 bits per heavy atom. The minimum atomic E-state index is 0.180. The van der Waals surface area contributed by atoms with Crippen LogP contribution in [0.2, 0.25) is 5.02 Å². The zero-order valence-corrected chi connectivity index (χ0v) is 11.8. The van der Waals surface area contributed by atoms with Crippen molar-refractivity contribution >= 4 is 11.6 Å². The summed E-state index contributed by atoms with van der Waals surface area (Å²) in [6.07, 6.45) is 2.60. The first-order chi connectivity index (χ1) is 8.11. The molecule has 0 amide bonds. The Morgan fingerprint density at radius 1 is 1.53 bits per heavy atom. The first kappa shape index (κ1) is 14.5. The van der Waals surface area contributed by atoms with Crippen molar-refractivity contribution in [2.45, 2.75) is 39.3 Å². The predicted octanol–water partition coefficient (Wildman–Crippen LogP) is 2.80. The van der Waals surface area contributed by atoms with Crippen LogP contribution in [0.3, 0.4) is 0 Å². The van der Waals surface area contributed by atoms with Gasteiger partial charge in [-0.2, -0.15) is 5.10 Å². The van der Waals surface area contributed by atoms with Crippen LogP contribution in [0.15, 0.2) is 6.20 Å². The van der Waals surface area contributed by atoms with E-state index in [1.165, 1.54) is 0 Å². The third-order valence-electron chi connectivity index (χ3n) is 2.71. The van der Waals surface area contributed by atoms with Crippen LogP contribution < -0.4 is 5.32 Å². The van der Waals surface area contributed by atoms with E-state index in [1.54, 1.807) is 6.20 Å². The topological polar surface area (TPSA) is 39.1 Å². The molecule has 0 aliphatic rings. The molecule has 1 aromatic heterocycles. The molecule has 1 atom stereocenters. The van der Waals surface area contributed by atoms with Gasteiger partial charge >= 0.3 is 0 Å². The smallest absolute Gasteiger partial charge is 0.0834 e. The van der Waals surface area contributed by atoms with Crippen molar-refractivity contribution in [3.05, 3.63) is 16.9 Å². The Hall–Kier alpha value is -0.580. The van der Waals surface area contributed by atoms with Crippen LogP contribution in [0.25, 0.3) is 0 Å². The summed E-state index contributed by atoms with van der Waals surface area (Å²) in [5, 5.41) is 8.31. The first-order valence-electron chi connectivity index (χ1n) is 6.09. The molecule has 0 saturated carbocycles. The van der Waals surface area contributed by atoms with Gasteiger partial charge in [-0.1, -0.05) is 11.6 Å². The van der Waals surface area contributed by atoms with E-state index in [0.29, 0.717) is 6.04 Å². The minimum Gasteiger partial charge on any atom is -0.382 e. The average Bonchev–Trinajstić information content (AvgIpc) is 2.67. The maximum Gasteiger partial charge on any atom is 0.0834 e. The number of hydrogen-bond donors (Lipinski definition) is 1. The summed E-state index contributed by atoms with van der Waals surface area (Å²) in [5.41, 5.74) is 1.05. The molecule has 1 unspecified atom stereocenters. The summed E-state index contributed by atoms with van der Waals surface area (Å²) < 4.78 is 7.36. The predicted molar refractivity (Wildman–Crippen MR) is 70.5 cm³/mol. The standard InChI is InChI=1S/C12H22ClN3O/c1-5-17-7-6-11(14-4)12-10(13)8-15-16(12)9(2)3/h8-9,11,14H,5-7H2,1-4H3. The quantitative estimate of drug-likeness (QED) is 0.766. The Kier molecular flexibility index (Phi) is 5.95. The number of nitrogens with zero attached hydrogens (tertiary/aromatic N) is 2. The summed E-state index contributed by atoms with van der Waals surface area (Å²) in [7, 11) is 1.94. The molecule has 0 spiro atoms. The van der Waals surface area contributed by atoms with Crippen LogP contribution in [-0.4, -0.2) is 30.0 Å². The summed E-state index contributed by atoms with van der Waals surface area (Å²) in [4.78, 5) is 0. The van der Waals surface area contributed by atoms with Gasteiger partial charge < -0.3 is 10.1 Å². The monoisotopic (exact) mass is 259 g/mol. The molecule has 0 bridgehead atoms. The van der Waals surface area contributed by atoms with Gasteiger partial charge in [0.2, 0.25) is 0 Å². The number of ether oxygens (including phenoxy) is 1. The van der Waals surface area contributed by atoms with Gasteiger partial charge in [0.15, 0.2) is 0 Å². The van der Waals surface area contributed by atoms with Crippen molar-refractivity contribution < 1.29 is 4.74 Å². The van der Waals surface area contributed by atoms with Crippen LogP contribution in [-0.2, 0) is 4.74 Å². The van der Waals surface area contributed by atoms with Gasteiger partial charge in [-0.3, -0.25) is 4.68 Å². The van der Waals surface area contributed by atoms with Gasteiger partial charge in [-0.05, 0) is 34.2 Å². The third kappa shape index (κ3) is 3.69. The normalized spacial score (nSPS) is 13.3. The highest BCUT2D eigenvalue weighted by atomic mass is 35.5. The summed E-state index contributed by atoms with van der Waals surface area (Å²) in [5.74, 6) is 0. The van der Waals surface area contributed by atoms with E-state index >= 15 is 0 Å². The molecule has 0 aliphatic heterocycles. The van der Waals surface area contributed by atoms with Crippen molar-refractivity contribution in [1.29, 1.82) is 0 Å². The van der Waals surface area contributed by atoms with E-state index in [4.69, 9.17) is 16.3 Å². The Bertz CT molecular complexity index is 338. The average molecular weight is 260 g/mol. The number of halogens is 1. The van der Waals surface area contributed by atoms with Crippen molar-refractivity contribution in [2.24, 2.45) is 0 Å². The van der Waals surface area contributed by atoms with E-state index < -0.39 is 0 Å². The molecular formula is C12H22ClN3O. The highest BCUT2D eigenvalue weighted by molar-refractivity contribution is 6.31. The van der Waals surface area contributed by atoms with Gasteiger partial charge in [0.1, 0.15) is 0 Å². The second-order valence-corrected chi connectivity index (χ2v) is 4.65. The maximum atomic E-state index is 6.21. The van der Waals surface area contributed by atoms with Crippen LogP contribution in [0, 0.1) is 0 Å². The van der Waals surface area contributed by atoms with Crippen molar-refractivity contribution in [3.8, 4) is 0 Å². The van der Waals surface area contributed by atoms with E-state index in [1.807, 2.05) is 18.7 Å². The third-order valence-corrected chi connectivity index (χ3v) is 3.00. The van der Waals surface area contributed by atoms with E-state index in [-0.39, 0.29) is 6.04 Å². The van der Waals surface area contributed by atoms with Gasteiger partial charge in [0.05, 0.1) is 23.0 Å².